The monoisotopic (exact) mass is 754 g/mol. The van der Waals surface area contributed by atoms with Gasteiger partial charge in [-0.3, -0.25) is 0 Å². The molecule has 1 aliphatic rings. The number of benzene rings is 10. The molecule has 280 valence electrons. The molecular weight excluding hydrogens is 713 g/mol. The van der Waals surface area contributed by atoms with Crippen molar-refractivity contribution in [3.8, 4) is 22.3 Å². The van der Waals surface area contributed by atoms with Crippen LogP contribution in [0.2, 0.25) is 0 Å². The maximum absolute atomic E-state index is 2.48. The quantitative estimate of drug-likeness (QED) is 0.160. The molecule has 0 unspecified atom stereocenters. The smallest absolute Gasteiger partial charge is 0.0540 e. The Morgan fingerprint density at radius 2 is 0.847 bits per heavy atom. The van der Waals surface area contributed by atoms with Gasteiger partial charge in [-0.2, -0.15) is 0 Å². The van der Waals surface area contributed by atoms with E-state index in [2.05, 4.69) is 242 Å². The van der Waals surface area contributed by atoms with E-state index < -0.39 is 0 Å². The van der Waals surface area contributed by atoms with Crippen LogP contribution in [-0.4, -0.2) is 0 Å². The van der Waals surface area contributed by atoms with Crippen LogP contribution < -0.4 is 9.80 Å². The summed E-state index contributed by atoms with van der Waals surface area (Å²) in [5, 5.41) is 7.31. The lowest BCUT2D eigenvalue weighted by Crippen LogP contribution is -2.16. The van der Waals surface area contributed by atoms with E-state index in [1.165, 1.54) is 65.7 Å². The molecule has 2 heteroatoms. The first-order valence-electron chi connectivity index (χ1n) is 20.5. The minimum atomic E-state index is -0.116. The van der Waals surface area contributed by atoms with Gasteiger partial charge in [-0.15, -0.1) is 0 Å². The van der Waals surface area contributed by atoms with Gasteiger partial charge in [0.25, 0.3) is 0 Å². The van der Waals surface area contributed by atoms with Crippen molar-refractivity contribution in [2.24, 2.45) is 0 Å². The van der Waals surface area contributed by atoms with E-state index in [0.29, 0.717) is 0 Å². The molecule has 0 atom stereocenters. The van der Waals surface area contributed by atoms with Gasteiger partial charge in [0, 0.05) is 38.9 Å². The summed E-state index contributed by atoms with van der Waals surface area (Å²) in [6.07, 6.45) is 0. The van der Waals surface area contributed by atoms with E-state index in [-0.39, 0.29) is 5.41 Å². The van der Waals surface area contributed by atoms with Crippen LogP contribution in [0, 0.1) is 0 Å². The van der Waals surface area contributed by atoms with Crippen molar-refractivity contribution < 1.29 is 0 Å². The maximum atomic E-state index is 2.48. The highest BCUT2D eigenvalue weighted by atomic mass is 15.1. The first-order chi connectivity index (χ1) is 29.0. The minimum absolute atomic E-state index is 0.116. The van der Waals surface area contributed by atoms with Gasteiger partial charge >= 0.3 is 0 Å². The molecule has 0 amide bonds. The number of anilines is 6. The predicted octanol–water partition coefficient (Wildman–Crippen LogP) is 16.1. The molecule has 0 heterocycles. The van der Waals surface area contributed by atoms with Gasteiger partial charge in [0.1, 0.15) is 0 Å². The summed E-state index contributed by atoms with van der Waals surface area (Å²) < 4.78 is 0. The zero-order chi connectivity index (χ0) is 39.5. The molecule has 0 spiro atoms. The van der Waals surface area contributed by atoms with Crippen LogP contribution in [-0.2, 0) is 5.41 Å². The molecule has 1 aliphatic carbocycles. The molecule has 11 rings (SSSR count). The Kier molecular flexibility index (Phi) is 8.20. The second-order valence-electron chi connectivity index (χ2n) is 16.2. The first-order valence-corrected chi connectivity index (χ1v) is 20.5. The molecular formula is C57H42N2. The Morgan fingerprint density at radius 3 is 1.69 bits per heavy atom. The summed E-state index contributed by atoms with van der Waals surface area (Å²) >= 11 is 0. The fourth-order valence-electron chi connectivity index (χ4n) is 9.51. The standard InChI is InChI=1S/C57H42N2/c1-57(2)53-26-11-10-22-50(53)51-36-35-46(38-54(51)57)59(55-27-12-18-40-16-8-9-21-48(40)55)56-28-14-24-49-47(23-13-25-52(49)56)41-30-32-44(33-31-41)58(43-19-4-3-5-20-43)45-34-29-39-15-6-7-17-42(39)37-45/h3-38H,1-2H3. The second kappa shape index (κ2) is 13.9. The van der Waals surface area contributed by atoms with Gasteiger partial charge in [-0.05, 0) is 116 Å². The zero-order valence-corrected chi connectivity index (χ0v) is 33.2. The number of para-hydroxylation sites is 1. The van der Waals surface area contributed by atoms with Gasteiger partial charge in [0.05, 0.1) is 11.4 Å². The zero-order valence-electron chi connectivity index (χ0n) is 33.2. The highest BCUT2D eigenvalue weighted by Crippen LogP contribution is 2.52. The molecule has 0 radical (unpaired) electrons. The minimum Gasteiger partial charge on any atom is -0.310 e. The van der Waals surface area contributed by atoms with E-state index in [1.807, 2.05) is 0 Å². The summed E-state index contributed by atoms with van der Waals surface area (Å²) in [4.78, 5) is 4.83. The molecule has 0 N–H and O–H groups in total. The van der Waals surface area contributed by atoms with Crippen LogP contribution in [0.4, 0.5) is 34.1 Å². The number of fused-ring (bicyclic) bond motifs is 6. The topological polar surface area (TPSA) is 6.48 Å². The third-order valence-corrected chi connectivity index (χ3v) is 12.4. The second-order valence-corrected chi connectivity index (χ2v) is 16.2. The number of nitrogens with zero attached hydrogens (tertiary/aromatic N) is 2. The largest absolute Gasteiger partial charge is 0.310 e. The Morgan fingerprint density at radius 1 is 0.305 bits per heavy atom. The summed E-state index contributed by atoms with van der Waals surface area (Å²) in [5.74, 6) is 0. The first kappa shape index (κ1) is 34.8. The van der Waals surface area contributed by atoms with Gasteiger partial charge in [0.2, 0.25) is 0 Å². The Bertz CT molecular complexity index is 3190. The van der Waals surface area contributed by atoms with E-state index in [4.69, 9.17) is 0 Å². The van der Waals surface area contributed by atoms with Crippen LogP contribution in [0.25, 0.3) is 54.6 Å². The van der Waals surface area contributed by atoms with E-state index in [9.17, 15) is 0 Å². The molecule has 0 fully saturated rings. The van der Waals surface area contributed by atoms with Crippen molar-refractivity contribution in [1.29, 1.82) is 0 Å². The summed E-state index contributed by atoms with van der Waals surface area (Å²) in [6, 6.07) is 79.9. The molecule has 0 aliphatic heterocycles. The van der Waals surface area contributed by atoms with Crippen molar-refractivity contribution in [1.82, 2.24) is 0 Å². The van der Waals surface area contributed by atoms with E-state index >= 15 is 0 Å². The third-order valence-electron chi connectivity index (χ3n) is 12.4. The summed E-state index contributed by atoms with van der Waals surface area (Å²) in [5.41, 5.74) is 14.5. The van der Waals surface area contributed by atoms with Crippen molar-refractivity contribution >= 4 is 66.4 Å². The maximum Gasteiger partial charge on any atom is 0.0540 e. The molecule has 0 bridgehead atoms. The fraction of sp³-hybridized carbons (Fsp3) is 0.0526. The lowest BCUT2D eigenvalue weighted by molar-refractivity contribution is 0.660. The van der Waals surface area contributed by atoms with Crippen LogP contribution in [0.1, 0.15) is 25.0 Å². The lowest BCUT2D eigenvalue weighted by atomic mass is 9.82. The van der Waals surface area contributed by atoms with E-state index in [1.54, 1.807) is 0 Å². The number of rotatable bonds is 7. The molecule has 2 nitrogen and oxygen atoms in total. The van der Waals surface area contributed by atoms with Gasteiger partial charge in [-0.25, -0.2) is 0 Å². The third kappa shape index (κ3) is 5.79. The van der Waals surface area contributed by atoms with Crippen LogP contribution in [0.3, 0.4) is 0 Å². The van der Waals surface area contributed by atoms with Crippen LogP contribution in [0.15, 0.2) is 218 Å². The summed E-state index contributed by atoms with van der Waals surface area (Å²) in [6.45, 7) is 4.72. The number of hydrogen-bond acceptors (Lipinski definition) is 2. The Hall–Kier alpha value is -7.42. The molecule has 0 aromatic heterocycles. The van der Waals surface area contributed by atoms with Gasteiger partial charge in [-0.1, -0.05) is 172 Å². The lowest BCUT2D eigenvalue weighted by Gasteiger charge is -2.30. The normalized spacial score (nSPS) is 12.7. The van der Waals surface area contributed by atoms with E-state index in [0.717, 1.165) is 34.1 Å². The van der Waals surface area contributed by atoms with Crippen molar-refractivity contribution in [2.75, 3.05) is 9.80 Å². The SMILES string of the molecule is CC1(C)c2ccccc2-c2ccc(N(c3cccc4ccccc34)c3cccc4c(-c5ccc(N(c6ccccc6)c6ccc7ccccc7c6)cc5)cccc34)cc21. The van der Waals surface area contributed by atoms with Gasteiger partial charge < -0.3 is 9.80 Å². The van der Waals surface area contributed by atoms with Crippen molar-refractivity contribution in [3.05, 3.63) is 230 Å². The van der Waals surface area contributed by atoms with Crippen LogP contribution in [0.5, 0.6) is 0 Å². The molecule has 59 heavy (non-hydrogen) atoms. The molecule has 10 aromatic rings. The average Bonchev–Trinajstić information content (AvgIpc) is 3.52. The van der Waals surface area contributed by atoms with Gasteiger partial charge in [0.15, 0.2) is 0 Å². The van der Waals surface area contributed by atoms with Crippen molar-refractivity contribution in [2.45, 2.75) is 19.3 Å². The summed E-state index contributed by atoms with van der Waals surface area (Å²) in [7, 11) is 0. The Balaban J connectivity index is 1.05. The highest BCUT2D eigenvalue weighted by Gasteiger charge is 2.36. The average molecular weight is 755 g/mol. The molecule has 0 saturated carbocycles. The molecule has 10 aromatic carbocycles. The Labute approximate surface area is 345 Å². The molecule has 0 saturated heterocycles. The predicted molar refractivity (Wildman–Crippen MR) is 251 cm³/mol. The van der Waals surface area contributed by atoms with Crippen molar-refractivity contribution in [3.63, 3.8) is 0 Å². The highest BCUT2D eigenvalue weighted by molar-refractivity contribution is 6.08. The fourth-order valence-corrected chi connectivity index (χ4v) is 9.51. The number of hydrogen-bond donors (Lipinski definition) is 0. The van der Waals surface area contributed by atoms with Crippen LogP contribution >= 0.6 is 0 Å².